The van der Waals surface area contributed by atoms with Gasteiger partial charge in [-0.2, -0.15) is 0 Å². The monoisotopic (exact) mass is 296 g/mol. The van der Waals surface area contributed by atoms with E-state index in [4.69, 9.17) is 11.6 Å². The van der Waals surface area contributed by atoms with Gasteiger partial charge in [-0.05, 0) is 56.3 Å². The molecule has 1 aliphatic heterocycles. The van der Waals surface area contributed by atoms with Crippen LogP contribution in [0.15, 0.2) is 18.2 Å². The molecule has 1 heterocycles. The second-order valence-electron chi connectivity index (χ2n) is 6.06. The Balaban J connectivity index is 1.72. The zero-order valence-electron chi connectivity index (χ0n) is 11.7. The van der Waals surface area contributed by atoms with Crippen molar-refractivity contribution in [2.24, 2.45) is 5.92 Å². The molecule has 0 spiro atoms. The van der Waals surface area contributed by atoms with Gasteiger partial charge in [-0.3, -0.25) is 0 Å². The fraction of sp³-hybridized carbons (Fsp3) is 0.625. The Hall–Kier alpha value is -0.800. The normalized spacial score (nSPS) is 30.4. The van der Waals surface area contributed by atoms with Gasteiger partial charge >= 0.3 is 0 Å². The molecule has 110 valence electrons. The van der Waals surface area contributed by atoms with Crippen LogP contribution in [0.4, 0.5) is 10.1 Å². The maximum atomic E-state index is 13.4. The summed E-state index contributed by atoms with van der Waals surface area (Å²) in [5, 5.41) is 7.61. The van der Waals surface area contributed by atoms with E-state index in [9.17, 15) is 4.39 Å². The molecule has 1 aromatic carbocycles. The molecule has 1 aromatic rings. The Kier molecular flexibility index (Phi) is 4.47. The zero-order chi connectivity index (χ0) is 13.9. The van der Waals surface area contributed by atoms with Crippen LogP contribution < -0.4 is 10.6 Å². The minimum Gasteiger partial charge on any atom is -0.382 e. The average Bonchev–Trinajstić information content (AvgIpc) is 2.92. The van der Waals surface area contributed by atoms with Crippen LogP contribution in [0.2, 0.25) is 5.02 Å². The number of halogens is 2. The predicted octanol–water partition coefficient (Wildman–Crippen LogP) is 4.20. The summed E-state index contributed by atoms with van der Waals surface area (Å²) in [4.78, 5) is 0. The van der Waals surface area contributed by atoms with Gasteiger partial charge in [0.05, 0.1) is 0 Å². The van der Waals surface area contributed by atoms with Crippen LogP contribution in [0, 0.1) is 11.7 Å². The van der Waals surface area contributed by atoms with Crippen molar-refractivity contribution in [2.75, 3.05) is 11.9 Å². The lowest BCUT2D eigenvalue weighted by molar-refractivity contribution is 0.262. The Morgan fingerprint density at radius 1 is 1.10 bits per heavy atom. The summed E-state index contributed by atoms with van der Waals surface area (Å²) in [5.74, 6) is 0.375. The van der Waals surface area contributed by atoms with Gasteiger partial charge in [0, 0.05) is 22.8 Å². The summed E-state index contributed by atoms with van der Waals surface area (Å²) < 4.78 is 13.4. The number of hydrogen-bond donors (Lipinski definition) is 2. The zero-order valence-corrected chi connectivity index (χ0v) is 12.4. The van der Waals surface area contributed by atoms with Crippen molar-refractivity contribution < 1.29 is 4.39 Å². The summed E-state index contributed by atoms with van der Waals surface area (Å²) in [6.07, 6.45) is 7.54. The summed E-state index contributed by atoms with van der Waals surface area (Å²) in [7, 11) is 0. The highest BCUT2D eigenvalue weighted by atomic mass is 35.5. The third-order valence-corrected chi connectivity index (χ3v) is 4.87. The standard InChI is InChI=1S/C16H22ClFN2/c17-11-8-12(18)10-13(9-11)20-16-5-2-1-4-14(16)15-6-3-7-19-15/h8-10,14-16,19-20H,1-7H2. The van der Waals surface area contributed by atoms with Crippen molar-refractivity contribution >= 4 is 17.3 Å². The smallest absolute Gasteiger partial charge is 0.126 e. The van der Waals surface area contributed by atoms with Gasteiger partial charge in [0.1, 0.15) is 5.82 Å². The minimum absolute atomic E-state index is 0.272. The minimum atomic E-state index is -0.272. The summed E-state index contributed by atoms with van der Waals surface area (Å²) in [6, 6.07) is 5.76. The van der Waals surface area contributed by atoms with Gasteiger partial charge in [0.25, 0.3) is 0 Å². The topological polar surface area (TPSA) is 24.1 Å². The second kappa shape index (κ2) is 6.31. The van der Waals surface area contributed by atoms with Gasteiger partial charge in [0.2, 0.25) is 0 Å². The molecule has 0 amide bonds. The van der Waals surface area contributed by atoms with Crippen molar-refractivity contribution in [1.29, 1.82) is 0 Å². The molecule has 1 saturated carbocycles. The Morgan fingerprint density at radius 2 is 1.95 bits per heavy atom. The maximum Gasteiger partial charge on any atom is 0.126 e. The lowest BCUT2D eigenvalue weighted by atomic mass is 9.79. The van der Waals surface area contributed by atoms with Crippen molar-refractivity contribution in [1.82, 2.24) is 5.32 Å². The lowest BCUT2D eigenvalue weighted by Crippen LogP contribution is -2.43. The Labute approximate surface area is 125 Å². The van der Waals surface area contributed by atoms with E-state index >= 15 is 0 Å². The molecule has 3 atom stereocenters. The molecule has 0 radical (unpaired) electrons. The first-order chi connectivity index (χ1) is 9.72. The Morgan fingerprint density at radius 3 is 2.70 bits per heavy atom. The van der Waals surface area contributed by atoms with E-state index in [1.165, 1.54) is 38.2 Å². The molecule has 3 unspecified atom stereocenters. The van der Waals surface area contributed by atoms with Crippen molar-refractivity contribution in [3.63, 3.8) is 0 Å². The number of nitrogens with one attached hydrogen (secondary N) is 2. The van der Waals surface area contributed by atoms with E-state index in [-0.39, 0.29) is 5.82 Å². The average molecular weight is 297 g/mol. The van der Waals surface area contributed by atoms with E-state index in [0.29, 0.717) is 23.0 Å². The highest BCUT2D eigenvalue weighted by molar-refractivity contribution is 6.30. The van der Waals surface area contributed by atoms with Crippen molar-refractivity contribution in [3.8, 4) is 0 Å². The number of hydrogen-bond acceptors (Lipinski definition) is 2. The number of benzene rings is 1. The molecule has 2 fully saturated rings. The van der Waals surface area contributed by atoms with Crippen LogP contribution >= 0.6 is 11.6 Å². The van der Waals surface area contributed by atoms with Crippen LogP contribution in [-0.4, -0.2) is 18.6 Å². The molecule has 0 aromatic heterocycles. The molecular formula is C16H22ClFN2. The Bertz CT molecular complexity index is 440. The molecule has 1 aliphatic carbocycles. The van der Waals surface area contributed by atoms with Crippen molar-refractivity contribution in [2.45, 2.75) is 50.6 Å². The van der Waals surface area contributed by atoms with Crippen LogP contribution in [-0.2, 0) is 0 Å². The molecule has 2 aliphatic rings. The van der Waals surface area contributed by atoms with E-state index < -0.39 is 0 Å². The molecule has 4 heteroatoms. The molecule has 1 saturated heterocycles. The van der Waals surface area contributed by atoms with Crippen LogP contribution in [0.25, 0.3) is 0 Å². The first-order valence-corrected chi connectivity index (χ1v) is 8.06. The largest absolute Gasteiger partial charge is 0.382 e. The van der Waals surface area contributed by atoms with E-state index in [1.54, 1.807) is 6.07 Å². The molecule has 20 heavy (non-hydrogen) atoms. The van der Waals surface area contributed by atoms with Crippen LogP contribution in [0.3, 0.4) is 0 Å². The van der Waals surface area contributed by atoms with Gasteiger partial charge in [0.15, 0.2) is 0 Å². The maximum absolute atomic E-state index is 13.4. The summed E-state index contributed by atoms with van der Waals surface area (Å²) in [6.45, 7) is 1.14. The van der Waals surface area contributed by atoms with Crippen molar-refractivity contribution in [3.05, 3.63) is 29.0 Å². The van der Waals surface area contributed by atoms with Gasteiger partial charge in [-0.15, -0.1) is 0 Å². The molecule has 0 bridgehead atoms. The SMILES string of the molecule is Fc1cc(Cl)cc(NC2CCCCC2C2CCCN2)c1. The number of rotatable bonds is 3. The lowest BCUT2D eigenvalue weighted by Gasteiger charge is -2.36. The van der Waals surface area contributed by atoms with Crippen LogP contribution in [0.5, 0.6) is 0 Å². The molecule has 2 N–H and O–H groups in total. The fourth-order valence-corrected chi connectivity index (χ4v) is 3.97. The molecule has 2 nitrogen and oxygen atoms in total. The first-order valence-electron chi connectivity index (χ1n) is 7.68. The van der Waals surface area contributed by atoms with E-state index in [0.717, 1.165) is 18.7 Å². The van der Waals surface area contributed by atoms with E-state index in [2.05, 4.69) is 10.6 Å². The number of anilines is 1. The summed E-state index contributed by atoms with van der Waals surface area (Å²) in [5.41, 5.74) is 0.810. The highest BCUT2D eigenvalue weighted by Gasteiger charge is 2.33. The highest BCUT2D eigenvalue weighted by Crippen LogP contribution is 2.33. The van der Waals surface area contributed by atoms with Gasteiger partial charge in [-0.25, -0.2) is 4.39 Å². The summed E-state index contributed by atoms with van der Waals surface area (Å²) >= 11 is 5.94. The quantitative estimate of drug-likeness (QED) is 0.873. The van der Waals surface area contributed by atoms with Gasteiger partial charge < -0.3 is 10.6 Å². The second-order valence-corrected chi connectivity index (χ2v) is 6.50. The fourth-order valence-electron chi connectivity index (χ4n) is 3.75. The van der Waals surface area contributed by atoms with Gasteiger partial charge in [-0.1, -0.05) is 24.4 Å². The first kappa shape index (κ1) is 14.2. The molecule has 3 rings (SSSR count). The molecular weight excluding hydrogens is 275 g/mol. The third kappa shape index (κ3) is 3.26. The van der Waals surface area contributed by atoms with Crippen LogP contribution in [0.1, 0.15) is 38.5 Å². The third-order valence-electron chi connectivity index (χ3n) is 4.65. The van der Waals surface area contributed by atoms with E-state index in [1.807, 2.05) is 6.07 Å². The predicted molar refractivity (Wildman–Crippen MR) is 81.8 cm³/mol.